The maximum Gasteiger partial charge on any atom is 0.488 e. The van der Waals surface area contributed by atoms with Crippen LogP contribution in [0.25, 0.3) is 11.3 Å². The molecule has 0 saturated carbocycles. The zero-order valence-electron chi connectivity index (χ0n) is 12.4. The van der Waals surface area contributed by atoms with Crippen molar-refractivity contribution in [3.05, 3.63) is 48.2 Å². The maximum atomic E-state index is 12.8. The lowest BCUT2D eigenvalue weighted by molar-refractivity contribution is 0.0371. The lowest BCUT2D eigenvalue weighted by atomic mass is 10.1. The van der Waals surface area contributed by atoms with E-state index in [0.29, 0.717) is 5.56 Å². The fraction of sp³-hybridized carbons (Fsp3) is 0.200. The lowest BCUT2D eigenvalue weighted by Crippen LogP contribution is -2.14. The van der Waals surface area contributed by atoms with E-state index in [1.165, 1.54) is 6.07 Å². The number of halogens is 1. The van der Waals surface area contributed by atoms with Gasteiger partial charge in [-0.2, -0.15) is 8.42 Å². The average Bonchev–Trinajstić information content (AvgIpc) is 2.46. The normalized spacial score (nSPS) is 11.3. The standard InChI is InChI=1S/C15H14FNO5S/c1-10(2)21-15(18)12-8-9-13(22-23(16,19)20)14(17-12)11-6-4-3-5-7-11/h3-10H,1-2H3. The van der Waals surface area contributed by atoms with Gasteiger partial charge in [0.05, 0.1) is 6.10 Å². The molecule has 0 atom stereocenters. The minimum Gasteiger partial charge on any atom is -0.458 e. The molecule has 0 aliphatic rings. The third-order valence-electron chi connectivity index (χ3n) is 2.65. The van der Waals surface area contributed by atoms with Gasteiger partial charge in [-0.05, 0) is 26.0 Å². The van der Waals surface area contributed by atoms with Crippen molar-refractivity contribution in [1.29, 1.82) is 0 Å². The first-order chi connectivity index (χ1) is 10.8. The molecule has 0 unspecified atom stereocenters. The van der Waals surface area contributed by atoms with E-state index in [1.807, 2.05) is 0 Å². The van der Waals surface area contributed by atoms with Crippen LogP contribution in [0.3, 0.4) is 0 Å². The van der Waals surface area contributed by atoms with Gasteiger partial charge in [0.25, 0.3) is 0 Å². The summed E-state index contributed by atoms with van der Waals surface area (Å²) in [6.07, 6.45) is -0.341. The minimum absolute atomic E-state index is 0.0185. The molecule has 1 aromatic heterocycles. The van der Waals surface area contributed by atoms with Crippen molar-refractivity contribution in [2.45, 2.75) is 20.0 Å². The molecule has 2 aromatic rings. The number of carbonyl (C=O) groups excluding carboxylic acids is 1. The molecule has 0 N–H and O–H groups in total. The average molecular weight is 339 g/mol. The Bertz CT molecular complexity index is 806. The first kappa shape index (κ1) is 16.9. The number of benzene rings is 1. The van der Waals surface area contributed by atoms with Crippen LogP contribution in [-0.2, 0) is 15.2 Å². The highest BCUT2D eigenvalue weighted by molar-refractivity contribution is 7.81. The molecule has 23 heavy (non-hydrogen) atoms. The van der Waals surface area contributed by atoms with E-state index < -0.39 is 16.5 Å². The van der Waals surface area contributed by atoms with Crippen LogP contribution >= 0.6 is 0 Å². The number of carbonyl (C=O) groups is 1. The highest BCUT2D eigenvalue weighted by Gasteiger charge is 2.19. The largest absolute Gasteiger partial charge is 0.488 e. The molecule has 1 heterocycles. The molecule has 0 aliphatic heterocycles. The van der Waals surface area contributed by atoms with Crippen LogP contribution in [0.4, 0.5) is 3.89 Å². The van der Waals surface area contributed by atoms with Crippen LogP contribution in [0, 0.1) is 0 Å². The molecule has 0 bridgehead atoms. The first-order valence-electron chi connectivity index (χ1n) is 6.68. The van der Waals surface area contributed by atoms with Gasteiger partial charge in [0.1, 0.15) is 11.4 Å². The van der Waals surface area contributed by atoms with E-state index >= 15 is 0 Å². The summed E-state index contributed by atoms with van der Waals surface area (Å²) in [7, 11) is -5.22. The van der Waals surface area contributed by atoms with Crippen molar-refractivity contribution < 1.29 is 26.0 Å². The Morgan fingerprint density at radius 1 is 1.13 bits per heavy atom. The second-order valence-electron chi connectivity index (χ2n) is 4.84. The quantitative estimate of drug-likeness (QED) is 0.615. The van der Waals surface area contributed by atoms with E-state index in [1.54, 1.807) is 44.2 Å². The Balaban J connectivity index is 2.51. The number of rotatable bonds is 5. The fourth-order valence-electron chi connectivity index (χ4n) is 1.81. The molecule has 0 aliphatic carbocycles. The molecular formula is C15H14FNO5S. The zero-order valence-corrected chi connectivity index (χ0v) is 13.2. The van der Waals surface area contributed by atoms with Gasteiger partial charge in [-0.25, -0.2) is 9.78 Å². The van der Waals surface area contributed by atoms with E-state index in [4.69, 9.17) is 4.74 Å². The molecule has 0 saturated heterocycles. The number of nitrogens with zero attached hydrogens (tertiary/aromatic N) is 1. The third-order valence-corrected chi connectivity index (χ3v) is 3.03. The number of hydrogen-bond donors (Lipinski definition) is 0. The van der Waals surface area contributed by atoms with Gasteiger partial charge in [-0.1, -0.05) is 34.2 Å². The Morgan fingerprint density at radius 2 is 1.78 bits per heavy atom. The smallest absolute Gasteiger partial charge is 0.458 e. The van der Waals surface area contributed by atoms with Crippen molar-refractivity contribution in [2.24, 2.45) is 0 Å². The predicted molar refractivity (Wildman–Crippen MR) is 80.9 cm³/mol. The SMILES string of the molecule is CC(C)OC(=O)c1ccc(OS(=O)(=O)F)c(-c2ccccc2)n1. The van der Waals surface area contributed by atoms with Gasteiger partial charge < -0.3 is 8.92 Å². The van der Waals surface area contributed by atoms with Crippen molar-refractivity contribution in [2.75, 3.05) is 0 Å². The molecule has 0 spiro atoms. The molecule has 1 aromatic carbocycles. The van der Waals surface area contributed by atoms with Gasteiger partial charge in [-0.3, -0.25) is 0 Å². The first-order valence-corrected chi connectivity index (χ1v) is 7.98. The third kappa shape index (κ3) is 4.75. The topological polar surface area (TPSA) is 82.6 Å². The molecule has 8 heteroatoms. The monoisotopic (exact) mass is 339 g/mol. The minimum atomic E-state index is -5.22. The summed E-state index contributed by atoms with van der Waals surface area (Å²) in [4.78, 5) is 16.0. The maximum absolute atomic E-state index is 12.8. The summed E-state index contributed by atoms with van der Waals surface area (Å²) in [5, 5.41) is 0. The Labute approximate surface area is 133 Å². The fourth-order valence-corrected chi connectivity index (χ4v) is 2.16. The van der Waals surface area contributed by atoms with Gasteiger partial charge in [-0.15, -0.1) is 0 Å². The van der Waals surface area contributed by atoms with Gasteiger partial charge in [0.2, 0.25) is 0 Å². The van der Waals surface area contributed by atoms with Crippen LogP contribution in [0.5, 0.6) is 5.75 Å². The Kier molecular flexibility index (Phi) is 4.95. The number of ether oxygens (including phenoxy) is 1. The van der Waals surface area contributed by atoms with Crippen molar-refractivity contribution in [1.82, 2.24) is 4.98 Å². The molecule has 0 amide bonds. The lowest BCUT2D eigenvalue weighted by Gasteiger charge is -2.11. The summed E-state index contributed by atoms with van der Waals surface area (Å²) in [6, 6.07) is 10.7. The Morgan fingerprint density at radius 3 is 2.35 bits per heavy atom. The predicted octanol–water partition coefficient (Wildman–Crippen LogP) is 2.91. The number of hydrogen-bond acceptors (Lipinski definition) is 6. The van der Waals surface area contributed by atoms with Gasteiger partial charge in [0.15, 0.2) is 5.75 Å². The van der Waals surface area contributed by atoms with Crippen LogP contribution in [0.1, 0.15) is 24.3 Å². The molecule has 6 nitrogen and oxygen atoms in total. The van der Waals surface area contributed by atoms with Crippen LogP contribution in [0.2, 0.25) is 0 Å². The molecule has 122 valence electrons. The number of aromatic nitrogens is 1. The van der Waals surface area contributed by atoms with Crippen LogP contribution < -0.4 is 4.18 Å². The second-order valence-corrected chi connectivity index (χ2v) is 5.79. The molecule has 0 fully saturated rings. The molecular weight excluding hydrogens is 325 g/mol. The highest BCUT2D eigenvalue weighted by atomic mass is 32.3. The van der Waals surface area contributed by atoms with Crippen molar-refractivity contribution >= 4 is 16.5 Å². The molecule has 0 radical (unpaired) electrons. The van der Waals surface area contributed by atoms with Crippen LogP contribution in [-0.4, -0.2) is 25.5 Å². The second kappa shape index (κ2) is 6.74. The van der Waals surface area contributed by atoms with Crippen molar-refractivity contribution in [3.63, 3.8) is 0 Å². The van der Waals surface area contributed by atoms with E-state index in [0.717, 1.165) is 6.07 Å². The summed E-state index contributed by atoms with van der Waals surface area (Å²) in [5.74, 6) is -0.994. The van der Waals surface area contributed by atoms with E-state index in [9.17, 15) is 17.1 Å². The number of esters is 1. The summed E-state index contributed by atoms with van der Waals surface area (Å²) < 4.78 is 43.6. The van der Waals surface area contributed by atoms with E-state index in [-0.39, 0.29) is 23.2 Å². The highest BCUT2D eigenvalue weighted by Crippen LogP contribution is 2.29. The van der Waals surface area contributed by atoms with Crippen molar-refractivity contribution in [3.8, 4) is 17.0 Å². The van der Waals surface area contributed by atoms with Crippen LogP contribution in [0.15, 0.2) is 42.5 Å². The molecule has 2 rings (SSSR count). The summed E-state index contributed by atoms with van der Waals surface area (Å²) >= 11 is 0. The number of pyridine rings is 1. The Hall–Kier alpha value is -2.48. The van der Waals surface area contributed by atoms with Gasteiger partial charge in [0, 0.05) is 5.56 Å². The zero-order chi connectivity index (χ0) is 17.0. The summed E-state index contributed by atoms with van der Waals surface area (Å²) in [6.45, 7) is 3.37. The van der Waals surface area contributed by atoms with E-state index in [2.05, 4.69) is 9.17 Å². The summed E-state index contributed by atoms with van der Waals surface area (Å²) in [5.41, 5.74) is 0.441. The van der Waals surface area contributed by atoms with Gasteiger partial charge >= 0.3 is 16.5 Å².